The van der Waals surface area contributed by atoms with Crippen LogP contribution in [0.15, 0.2) is 24.3 Å². The lowest BCUT2D eigenvalue weighted by atomic mass is 9.85. The van der Waals surface area contributed by atoms with E-state index in [0.717, 1.165) is 25.2 Å². The van der Waals surface area contributed by atoms with Crippen molar-refractivity contribution in [3.8, 4) is 5.75 Å². The lowest BCUT2D eigenvalue weighted by molar-refractivity contribution is -0.125. The Morgan fingerprint density at radius 3 is 2.36 bits per heavy atom. The number of hydrogen-bond donors (Lipinski definition) is 1. The van der Waals surface area contributed by atoms with Crippen molar-refractivity contribution in [3.63, 3.8) is 0 Å². The van der Waals surface area contributed by atoms with Crippen LogP contribution in [-0.4, -0.2) is 19.6 Å². The molecule has 1 N–H and O–H groups in total. The number of rotatable bonds is 10. The molecule has 0 aliphatic heterocycles. The van der Waals surface area contributed by atoms with E-state index in [9.17, 15) is 4.79 Å². The fraction of sp³-hybridized carbons (Fsp3) is 0.632. The molecule has 0 radical (unpaired) electrons. The fourth-order valence-electron chi connectivity index (χ4n) is 2.77. The third-order valence-electron chi connectivity index (χ3n) is 4.30. The smallest absolute Gasteiger partial charge is 0.223 e. The summed E-state index contributed by atoms with van der Waals surface area (Å²) in [7, 11) is 1.70. The molecule has 2 unspecified atom stereocenters. The summed E-state index contributed by atoms with van der Waals surface area (Å²) in [4.78, 5) is 11.9. The van der Waals surface area contributed by atoms with Crippen LogP contribution in [0.2, 0.25) is 0 Å². The van der Waals surface area contributed by atoms with Gasteiger partial charge in [0.05, 0.1) is 6.61 Å². The molecule has 22 heavy (non-hydrogen) atoms. The molecule has 0 heterocycles. The Morgan fingerprint density at radius 1 is 1.14 bits per heavy atom. The zero-order valence-corrected chi connectivity index (χ0v) is 14.5. The van der Waals surface area contributed by atoms with E-state index < -0.39 is 0 Å². The van der Waals surface area contributed by atoms with Gasteiger partial charge in [-0.3, -0.25) is 4.79 Å². The molecule has 0 aromatic heterocycles. The van der Waals surface area contributed by atoms with Crippen LogP contribution >= 0.6 is 0 Å². The predicted octanol–water partition coefficient (Wildman–Crippen LogP) is 4.52. The molecule has 3 heteroatoms. The van der Waals surface area contributed by atoms with Crippen molar-refractivity contribution in [2.75, 3.05) is 13.7 Å². The van der Waals surface area contributed by atoms with E-state index in [1.807, 2.05) is 12.1 Å². The molecule has 0 bridgehead atoms. The van der Waals surface area contributed by atoms with Gasteiger partial charge in [-0.1, -0.05) is 52.2 Å². The first-order chi connectivity index (χ1) is 10.6. The number of carbonyl (C=O) groups is 1. The Hall–Kier alpha value is -1.51. The number of unbranched alkanes of at least 4 members (excludes halogenated alkanes) is 3. The molecule has 0 aliphatic carbocycles. The second-order valence-electron chi connectivity index (χ2n) is 5.90. The van der Waals surface area contributed by atoms with Gasteiger partial charge in [0.15, 0.2) is 0 Å². The van der Waals surface area contributed by atoms with Gasteiger partial charge in [0.2, 0.25) is 5.91 Å². The number of amides is 1. The lowest BCUT2D eigenvalue weighted by Gasteiger charge is -2.21. The van der Waals surface area contributed by atoms with Crippen LogP contribution < -0.4 is 10.1 Å². The summed E-state index contributed by atoms with van der Waals surface area (Å²) < 4.78 is 5.76. The Kier molecular flexibility index (Phi) is 8.64. The van der Waals surface area contributed by atoms with Crippen LogP contribution in [-0.2, 0) is 4.79 Å². The van der Waals surface area contributed by atoms with E-state index in [-0.39, 0.29) is 17.7 Å². The summed E-state index contributed by atoms with van der Waals surface area (Å²) in [5, 5.41) is 2.76. The minimum atomic E-state index is 0.0193. The molecule has 1 rings (SSSR count). The maximum Gasteiger partial charge on any atom is 0.223 e. The summed E-state index contributed by atoms with van der Waals surface area (Å²) in [5.41, 5.74) is 1.19. The molecule has 1 amide bonds. The van der Waals surface area contributed by atoms with E-state index in [1.54, 1.807) is 7.05 Å². The van der Waals surface area contributed by atoms with E-state index in [4.69, 9.17) is 4.74 Å². The average Bonchev–Trinajstić information content (AvgIpc) is 2.55. The van der Waals surface area contributed by atoms with E-state index in [1.165, 1.54) is 24.8 Å². The van der Waals surface area contributed by atoms with Crippen molar-refractivity contribution < 1.29 is 9.53 Å². The molecular formula is C19H31NO2. The van der Waals surface area contributed by atoms with E-state index in [2.05, 4.69) is 38.2 Å². The molecule has 2 atom stereocenters. The normalized spacial score (nSPS) is 13.5. The van der Waals surface area contributed by atoms with Crippen LogP contribution in [0.25, 0.3) is 0 Å². The molecule has 0 saturated carbocycles. The Bertz CT molecular complexity index is 428. The van der Waals surface area contributed by atoms with Crippen molar-refractivity contribution >= 4 is 5.91 Å². The Balaban J connectivity index is 2.54. The predicted molar refractivity (Wildman–Crippen MR) is 92.3 cm³/mol. The number of hydrogen-bond acceptors (Lipinski definition) is 2. The zero-order valence-electron chi connectivity index (χ0n) is 14.5. The van der Waals surface area contributed by atoms with Gasteiger partial charge in [-0.2, -0.15) is 0 Å². The maximum atomic E-state index is 11.9. The Labute approximate surface area is 135 Å². The first kappa shape index (κ1) is 18.5. The summed E-state index contributed by atoms with van der Waals surface area (Å²) >= 11 is 0. The van der Waals surface area contributed by atoms with Crippen LogP contribution in [0, 0.1) is 5.92 Å². The summed E-state index contributed by atoms with van der Waals surface area (Å²) in [6, 6.07) is 8.19. The standard InChI is InChI=1S/C19H31NO2/c1-5-7-8-9-14-22-17-12-10-16(11-13-17)15(3)18(6-2)19(21)20-4/h10-13,15,18H,5-9,14H2,1-4H3,(H,20,21). The second kappa shape index (κ2) is 10.3. The van der Waals surface area contributed by atoms with Gasteiger partial charge in [-0.25, -0.2) is 0 Å². The monoisotopic (exact) mass is 305 g/mol. The van der Waals surface area contributed by atoms with Crippen LogP contribution in [0.4, 0.5) is 0 Å². The van der Waals surface area contributed by atoms with Gasteiger partial charge in [0, 0.05) is 13.0 Å². The summed E-state index contributed by atoms with van der Waals surface area (Å²) in [5.74, 6) is 1.26. The third-order valence-corrected chi connectivity index (χ3v) is 4.30. The van der Waals surface area contributed by atoms with E-state index in [0.29, 0.717) is 0 Å². The number of ether oxygens (including phenoxy) is 1. The second-order valence-corrected chi connectivity index (χ2v) is 5.90. The van der Waals surface area contributed by atoms with Crippen molar-refractivity contribution in [3.05, 3.63) is 29.8 Å². The molecule has 0 spiro atoms. The van der Waals surface area contributed by atoms with Gasteiger partial charge in [-0.05, 0) is 36.5 Å². The average molecular weight is 305 g/mol. The Morgan fingerprint density at radius 2 is 1.82 bits per heavy atom. The topological polar surface area (TPSA) is 38.3 Å². The number of benzene rings is 1. The van der Waals surface area contributed by atoms with Gasteiger partial charge in [0.1, 0.15) is 5.75 Å². The van der Waals surface area contributed by atoms with Gasteiger partial charge < -0.3 is 10.1 Å². The van der Waals surface area contributed by atoms with Gasteiger partial charge >= 0.3 is 0 Å². The highest BCUT2D eigenvalue weighted by Gasteiger charge is 2.23. The fourth-order valence-corrected chi connectivity index (χ4v) is 2.77. The van der Waals surface area contributed by atoms with Gasteiger partial charge in [0.25, 0.3) is 0 Å². The largest absolute Gasteiger partial charge is 0.494 e. The first-order valence-corrected chi connectivity index (χ1v) is 8.58. The molecule has 0 saturated heterocycles. The molecule has 1 aromatic rings. The highest BCUT2D eigenvalue weighted by molar-refractivity contribution is 5.79. The first-order valence-electron chi connectivity index (χ1n) is 8.58. The van der Waals surface area contributed by atoms with Crippen molar-refractivity contribution in [1.82, 2.24) is 5.32 Å². The van der Waals surface area contributed by atoms with E-state index >= 15 is 0 Å². The molecule has 0 aliphatic rings. The van der Waals surface area contributed by atoms with Crippen LogP contribution in [0.1, 0.15) is 64.4 Å². The van der Waals surface area contributed by atoms with Gasteiger partial charge in [-0.15, -0.1) is 0 Å². The maximum absolute atomic E-state index is 11.9. The summed E-state index contributed by atoms with van der Waals surface area (Å²) in [6.07, 6.45) is 5.71. The van der Waals surface area contributed by atoms with Crippen LogP contribution in [0.3, 0.4) is 0 Å². The van der Waals surface area contributed by atoms with Crippen molar-refractivity contribution in [2.24, 2.45) is 5.92 Å². The number of nitrogens with one attached hydrogen (secondary N) is 1. The molecule has 0 fully saturated rings. The number of carbonyl (C=O) groups excluding carboxylic acids is 1. The highest BCUT2D eigenvalue weighted by atomic mass is 16.5. The lowest BCUT2D eigenvalue weighted by Crippen LogP contribution is -2.30. The molecule has 1 aromatic carbocycles. The van der Waals surface area contributed by atoms with Crippen molar-refractivity contribution in [2.45, 2.75) is 58.8 Å². The van der Waals surface area contributed by atoms with Crippen molar-refractivity contribution in [1.29, 1.82) is 0 Å². The minimum absolute atomic E-state index is 0.0193. The molecule has 3 nitrogen and oxygen atoms in total. The molecular weight excluding hydrogens is 274 g/mol. The quantitative estimate of drug-likeness (QED) is 0.645. The van der Waals surface area contributed by atoms with Crippen LogP contribution in [0.5, 0.6) is 5.75 Å². The highest BCUT2D eigenvalue weighted by Crippen LogP contribution is 2.28. The zero-order chi connectivity index (χ0) is 16.4. The third kappa shape index (κ3) is 5.70. The minimum Gasteiger partial charge on any atom is -0.494 e. The SMILES string of the molecule is CCCCCCOc1ccc(C(C)C(CC)C(=O)NC)cc1. The molecule has 124 valence electrons. The summed E-state index contributed by atoms with van der Waals surface area (Å²) in [6.45, 7) is 7.17.